The van der Waals surface area contributed by atoms with E-state index >= 15 is 0 Å². The van der Waals surface area contributed by atoms with E-state index in [1.54, 1.807) is 18.2 Å². The molecule has 0 saturated carbocycles. The molecule has 0 bridgehead atoms. The molecular formula is C19H24ClNO4S. The summed E-state index contributed by atoms with van der Waals surface area (Å²) in [5.41, 5.74) is 0.684. The molecule has 5 nitrogen and oxygen atoms in total. The summed E-state index contributed by atoms with van der Waals surface area (Å²) >= 11 is 7.31. The number of hydrogen-bond donors (Lipinski definition) is 0. The van der Waals surface area contributed by atoms with Crippen molar-refractivity contribution in [1.29, 1.82) is 0 Å². The highest BCUT2D eigenvalue weighted by Crippen LogP contribution is 2.40. The number of ether oxygens (including phenoxy) is 2. The van der Waals surface area contributed by atoms with Gasteiger partial charge in [0.15, 0.2) is 11.5 Å². The second-order valence-corrected chi connectivity index (χ2v) is 7.64. The van der Waals surface area contributed by atoms with Crippen molar-refractivity contribution in [3.05, 3.63) is 27.6 Å². The van der Waals surface area contributed by atoms with Crippen molar-refractivity contribution < 1.29 is 19.1 Å². The van der Waals surface area contributed by atoms with E-state index in [1.165, 1.54) is 4.90 Å². The number of nitrogens with zero attached hydrogens (tertiary/aromatic N) is 1. The summed E-state index contributed by atoms with van der Waals surface area (Å²) in [5.74, 6) is 0.723. The van der Waals surface area contributed by atoms with Crippen molar-refractivity contribution in [3.63, 3.8) is 0 Å². The SMILES string of the molecule is CCOc1cc(/C=C2/SC(=O)N([C@H](C)CC)C2=O)cc(Cl)c1OC(C)C. The van der Waals surface area contributed by atoms with Crippen molar-refractivity contribution in [2.24, 2.45) is 0 Å². The van der Waals surface area contributed by atoms with Gasteiger partial charge in [0, 0.05) is 6.04 Å². The van der Waals surface area contributed by atoms with Crippen molar-refractivity contribution in [2.75, 3.05) is 6.61 Å². The van der Waals surface area contributed by atoms with Crippen molar-refractivity contribution in [3.8, 4) is 11.5 Å². The molecule has 1 aromatic rings. The highest BCUT2D eigenvalue weighted by atomic mass is 35.5. The minimum absolute atomic E-state index is 0.0513. The van der Waals surface area contributed by atoms with Crippen LogP contribution in [0.25, 0.3) is 6.08 Å². The van der Waals surface area contributed by atoms with Crippen LogP contribution in [0.3, 0.4) is 0 Å². The lowest BCUT2D eigenvalue weighted by Crippen LogP contribution is -2.36. The van der Waals surface area contributed by atoms with Crippen LogP contribution in [0.2, 0.25) is 5.02 Å². The normalized spacial score (nSPS) is 17.3. The number of imide groups is 1. The van der Waals surface area contributed by atoms with Gasteiger partial charge >= 0.3 is 0 Å². The second-order valence-electron chi connectivity index (χ2n) is 6.24. The summed E-state index contributed by atoms with van der Waals surface area (Å²) in [4.78, 5) is 26.4. The van der Waals surface area contributed by atoms with Crippen LogP contribution in [0.4, 0.5) is 4.79 Å². The third-order valence-corrected chi connectivity index (χ3v) is 5.00. The maximum atomic E-state index is 12.6. The molecule has 2 amide bonds. The molecule has 1 aliphatic heterocycles. The Balaban J connectivity index is 2.39. The smallest absolute Gasteiger partial charge is 0.293 e. The summed E-state index contributed by atoms with van der Waals surface area (Å²) < 4.78 is 11.4. The van der Waals surface area contributed by atoms with Crippen molar-refractivity contribution >= 4 is 40.6 Å². The van der Waals surface area contributed by atoms with E-state index in [1.807, 2.05) is 34.6 Å². The van der Waals surface area contributed by atoms with Crippen molar-refractivity contribution in [2.45, 2.75) is 53.2 Å². The van der Waals surface area contributed by atoms with E-state index < -0.39 is 0 Å². The largest absolute Gasteiger partial charge is 0.490 e. The average Bonchev–Trinajstić information content (AvgIpc) is 2.84. The quantitative estimate of drug-likeness (QED) is 0.579. The molecule has 1 heterocycles. The zero-order valence-corrected chi connectivity index (χ0v) is 17.2. The van der Waals surface area contributed by atoms with Gasteiger partial charge in [-0.1, -0.05) is 18.5 Å². The maximum absolute atomic E-state index is 12.6. The van der Waals surface area contributed by atoms with Crippen LogP contribution in [0.5, 0.6) is 11.5 Å². The van der Waals surface area contributed by atoms with Gasteiger partial charge in [-0.25, -0.2) is 0 Å². The van der Waals surface area contributed by atoms with Gasteiger partial charge in [0.2, 0.25) is 0 Å². The summed E-state index contributed by atoms with van der Waals surface area (Å²) in [7, 11) is 0. The van der Waals surface area contributed by atoms with E-state index in [0.29, 0.717) is 40.0 Å². The molecule has 1 atom stereocenters. The van der Waals surface area contributed by atoms with E-state index in [2.05, 4.69) is 0 Å². The van der Waals surface area contributed by atoms with Crippen LogP contribution in [-0.2, 0) is 4.79 Å². The van der Waals surface area contributed by atoms with Crippen molar-refractivity contribution in [1.82, 2.24) is 4.90 Å². The Bertz CT molecular complexity index is 732. The summed E-state index contributed by atoms with van der Waals surface area (Å²) in [6.45, 7) is 9.95. The van der Waals surface area contributed by atoms with Crippen LogP contribution in [0, 0.1) is 0 Å². The van der Waals surface area contributed by atoms with Crippen LogP contribution < -0.4 is 9.47 Å². The third kappa shape index (κ3) is 4.54. The predicted octanol–water partition coefficient (Wildman–Crippen LogP) is 5.36. The number of rotatable bonds is 7. The molecule has 1 aliphatic rings. The average molecular weight is 398 g/mol. The maximum Gasteiger partial charge on any atom is 0.293 e. The predicted molar refractivity (Wildman–Crippen MR) is 106 cm³/mol. The van der Waals surface area contributed by atoms with E-state index in [-0.39, 0.29) is 23.3 Å². The Labute approximate surface area is 163 Å². The lowest BCUT2D eigenvalue weighted by Gasteiger charge is -2.19. The fourth-order valence-electron chi connectivity index (χ4n) is 2.48. The molecule has 1 saturated heterocycles. The number of hydrogen-bond acceptors (Lipinski definition) is 5. The zero-order valence-electron chi connectivity index (χ0n) is 15.7. The van der Waals surface area contributed by atoms with Gasteiger partial charge in [-0.05, 0) is 69.6 Å². The third-order valence-electron chi connectivity index (χ3n) is 3.84. The molecule has 0 N–H and O–H groups in total. The number of carbonyl (C=O) groups excluding carboxylic acids is 2. The molecule has 0 spiro atoms. The first-order valence-corrected chi connectivity index (χ1v) is 9.87. The first kappa shape index (κ1) is 20.6. The van der Waals surface area contributed by atoms with Crippen LogP contribution in [-0.4, -0.2) is 34.8 Å². The molecule has 1 aromatic carbocycles. The minimum Gasteiger partial charge on any atom is -0.490 e. The second kappa shape index (κ2) is 8.82. The lowest BCUT2D eigenvalue weighted by atomic mass is 10.1. The van der Waals surface area contributed by atoms with Gasteiger partial charge in [-0.2, -0.15) is 0 Å². The van der Waals surface area contributed by atoms with Gasteiger partial charge < -0.3 is 9.47 Å². The molecule has 0 aromatic heterocycles. The molecule has 0 radical (unpaired) electrons. The number of benzene rings is 1. The van der Waals surface area contributed by atoms with Gasteiger partial charge in [-0.15, -0.1) is 0 Å². The van der Waals surface area contributed by atoms with E-state index in [0.717, 1.165) is 11.8 Å². The zero-order chi connectivity index (χ0) is 19.4. The highest BCUT2D eigenvalue weighted by Gasteiger charge is 2.37. The number of halogens is 1. The highest BCUT2D eigenvalue weighted by molar-refractivity contribution is 8.18. The summed E-state index contributed by atoms with van der Waals surface area (Å²) in [6, 6.07) is 3.35. The molecule has 142 valence electrons. The Morgan fingerprint density at radius 1 is 1.23 bits per heavy atom. The molecule has 0 aliphatic carbocycles. The van der Waals surface area contributed by atoms with E-state index in [9.17, 15) is 9.59 Å². The standard InChI is InChI=1S/C19H24ClNO4S/c1-6-12(5)21-18(22)16(26-19(21)23)10-13-8-14(20)17(25-11(3)4)15(9-13)24-7-2/h8-12H,6-7H2,1-5H3/b16-10+/t12-/m1/s1. The van der Waals surface area contributed by atoms with Gasteiger partial charge in [0.1, 0.15) is 0 Å². The molecule has 7 heteroatoms. The Morgan fingerprint density at radius 3 is 2.50 bits per heavy atom. The molecule has 2 rings (SSSR count). The summed E-state index contributed by atoms with van der Waals surface area (Å²) in [5, 5.41) is 0.156. The monoisotopic (exact) mass is 397 g/mol. The number of thioether (sulfide) groups is 1. The van der Waals surface area contributed by atoms with Crippen LogP contribution in [0.1, 0.15) is 46.6 Å². The fraction of sp³-hybridized carbons (Fsp3) is 0.474. The molecular weight excluding hydrogens is 374 g/mol. The first-order chi connectivity index (χ1) is 12.3. The summed E-state index contributed by atoms with van der Waals surface area (Å²) in [6.07, 6.45) is 2.33. The Kier molecular flexibility index (Phi) is 7.01. The van der Waals surface area contributed by atoms with Gasteiger partial charge in [0.25, 0.3) is 11.1 Å². The first-order valence-electron chi connectivity index (χ1n) is 8.68. The lowest BCUT2D eigenvalue weighted by molar-refractivity contribution is -0.124. The number of carbonyl (C=O) groups is 2. The van der Waals surface area contributed by atoms with Crippen LogP contribution >= 0.6 is 23.4 Å². The molecule has 0 unspecified atom stereocenters. The van der Waals surface area contributed by atoms with Gasteiger partial charge in [-0.3, -0.25) is 14.5 Å². The molecule has 26 heavy (non-hydrogen) atoms. The Hall–Kier alpha value is -1.66. The topological polar surface area (TPSA) is 55.8 Å². The van der Waals surface area contributed by atoms with Crippen LogP contribution in [0.15, 0.2) is 17.0 Å². The molecule has 1 fully saturated rings. The Morgan fingerprint density at radius 2 is 1.92 bits per heavy atom. The number of amides is 2. The fourth-order valence-corrected chi connectivity index (χ4v) is 3.67. The minimum atomic E-state index is -0.272. The van der Waals surface area contributed by atoms with Gasteiger partial charge in [0.05, 0.1) is 22.6 Å². The van der Waals surface area contributed by atoms with E-state index in [4.69, 9.17) is 21.1 Å².